The fourth-order valence-electron chi connectivity index (χ4n) is 2.48. The lowest BCUT2D eigenvalue weighted by atomic mass is 10.1. The molecule has 2 heterocycles. The lowest BCUT2D eigenvalue weighted by molar-refractivity contribution is 0.339. The summed E-state index contributed by atoms with van der Waals surface area (Å²) in [5, 5.41) is 7.85. The second-order valence-electron chi connectivity index (χ2n) is 5.65. The minimum absolute atomic E-state index is 0.363. The fraction of sp³-hybridized carbons (Fsp3) is 0.353. The van der Waals surface area contributed by atoms with Crippen molar-refractivity contribution in [3.05, 3.63) is 53.4 Å². The minimum Gasteiger partial charge on any atom is -0.489 e. The summed E-state index contributed by atoms with van der Waals surface area (Å²) >= 11 is 0. The molecule has 1 aliphatic heterocycles. The van der Waals surface area contributed by atoms with Crippen LogP contribution < -0.4 is 10.1 Å². The maximum Gasteiger partial charge on any atom is 0.127 e. The van der Waals surface area contributed by atoms with Crippen LogP contribution in [-0.4, -0.2) is 29.0 Å². The van der Waals surface area contributed by atoms with E-state index >= 15 is 0 Å². The number of aromatic nitrogens is 2. The predicted molar refractivity (Wildman–Crippen MR) is 84.3 cm³/mol. The SMILES string of the molecule is Cc1cnn(C[C@@H](C)NCC2=Cc3ccccc3OC2)c1. The Bertz CT molecular complexity index is 645. The van der Waals surface area contributed by atoms with Gasteiger partial charge in [0.05, 0.1) is 12.7 Å². The van der Waals surface area contributed by atoms with E-state index in [1.54, 1.807) is 0 Å². The van der Waals surface area contributed by atoms with Gasteiger partial charge in [-0.2, -0.15) is 5.10 Å². The number of fused-ring (bicyclic) bond motifs is 1. The van der Waals surface area contributed by atoms with Crippen LogP contribution in [0.25, 0.3) is 6.08 Å². The number of aryl methyl sites for hydroxylation is 1. The summed E-state index contributed by atoms with van der Waals surface area (Å²) in [5.74, 6) is 0.973. The van der Waals surface area contributed by atoms with Crippen molar-refractivity contribution in [1.82, 2.24) is 15.1 Å². The molecule has 4 heteroatoms. The van der Waals surface area contributed by atoms with E-state index in [4.69, 9.17) is 4.74 Å². The minimum atomic E-state index is 0.363. The molecule has 1 aliphatic rings. The van der Waals surface area contributed by atoms with Gasteiger partial charge in [-0.05, 0) is 37.1 Å². The highest BCUT2D eigenvalue weighted by Gasteiger charge is 2.11. The van der Waals surface area contributed by atoms with Crippen molar-refractivity contribution in [3.8, 4) is 5.75 Å². The molecule has 0 amide bonds. The number of benzene rings is 1. The molecule has 0 saturated heterocycles. The van der Waals surface area contributed by atoms with E-state index < -0.39 is 0 Å². The molecule has 1 aromatic heterocycles. The number of rotatable bonds is 5. The molecule has 0 unspecified atom stereocenters. The highest BCUT2D eigenvalue weighted by molar-refractivity contribution is 5.62. The van der Waals surface area contributed by atoms with Crippen molar-refractivity contribution in [2.24, 2.45) is 0 Å². The smallest absolute Gasteiger partial charge is 0.127 e. The van der Waals surface area contributed by atoms with Crippen LogP contribution in [0.4, 0.5) is 0 Å². The van der Waals surface area contributed by atoms with E-state index in [0.29, 0.717) is 12.6 Å². The van der Waals surface area contributed by atoms with E-state index in [2.05, 4.69) is 42.6 Å². The molecule has 0 saturated carbocycles. The first kappa shape index (κ1) is 13.9. The van der Waals surface area contributed by atoms with Gasteiger partial charge in [-0.15, -0.1) is 0 Å². The quantitative estimate of drug-likeness (QED) is 0.917. The van der Waals surface area contributed by atoms with Crippen molar-refractivity contribution >= 4 is 6.08 Å². The fourth-order valence-corrected chi connectivity index (χ4v) is 2.48. The van der Waals surface area contributed by atoms with Gasteiger partial charge in [0.15, 0.2) is 0 Å². The van der Waals surface area contributed by atoms with Gasteiger partial charge in [0.25, 0.3) is 0 Å². The van der Waals surface area contributed by atoms with Crippen LogP contribution in [0.2, 0.25) is 0 Å². The van der Waals surface area contributed by atoms with Crippen molar-refractivity contribution in [2.75, 3.05) is 13.2 Å². The van der Waals surface area contributed by atoms with Crippen molar-refractivity contribution < 1.29 is 4.74 Å². The Labute approximate surface area is 125 Å². The average molecular weight is 283 g/mol. The Morgan fingerprint density at radius 2 is 2.24 bits per heavy atom. The maximum atomic E-state index is 5.76. The second kappa shape index (κ2) is 6.14. The van der Waals surface area contributed by atoms with Gasteiger partial charge in [0.2, 0.25) is 0 Å². The normalized spacial score (nSPS) is 15.0. The zero-order valence-electron chi connectivity index (χ0n) is 12.5. The van der Waals surface area contributed by atoms with E-state index in [0.717, 1.165) is 24.4 Å². The summed E-state index contributed by atoms with van der Waals surface area (Å²) in [5.41, 5.74) is 3.63. The van der Waals surface area contributed by atoms with Gasteiger partial charge in [0, 0.05) is 24.3 Å². The molecule has 0 fully saturated rings. The third-order valence-electron chi connectivity index (χ3n) is 3.59. The highest BCUT2D eigenvalue weighted by atomic mass is 16.5. The van der Waals surface area contributed by atoms with Gasteiger partial charge < -0.3 is 10.1 Å². The Morgan fingerprint density at radius 1 is 1.38 bits per heavy atom. The number of ether oxygens (including phenoxy) is 1. The summed E-state index contributed by atoms with van der Waals surface area (Å²) in [6.45, 7) is 6.62. The van der Waals surface area contributed by atoms with E-state index in [1.165, 1.54) is 11.1 Å². The van der Waals surface area contributed by atoms with Crippen LogP contribution in [0.15, 0.2) is 42.2 Å². The summed E-state index contributed by atoms with van der Waals surface area (Å²) < 4.78 is 7.74. The molecule has 1 N–H and O–H groups in total. The molecule has 4 nitrogen and oxygen atoms in total. The van der Waals surface area contributed by atoms with Crippen molar-refractivity contribution in [2.45, 2.75) is 26.4 Å². The maximum absolute atomic E-state index is 5.76. The van der Waals surface area contributed by atoms with Crippen molar-refractivity contribution in [3.63, 3.8) is 0 Å². The number of nitrogens with one attached hydrogen (secondary N) is 1. The monoisotopic (exact) mass is 283 g/mol. The predicted octanol–water partition coefficient (Wildman–Crippen LogP) is 2.65. The Morgan fingerprint density at radius 3 is 3.05 bits per heavy atom. The van der Waals surface area contributed by atoms with Crippen molar-refractivity contribution in [1.29, 1.82) is 0 Å². The summed E-state index contributed by atoms with van der Waals surface area (Å²) in [6, 6.07) is 8.51. The van der Waals surface area contributed by atoms with Gasteiger partial charge in [-0.25, -0.2) is 0 Å². The third kappa shape index (κ3) is 3.52. The lowest BCUT2D eigenvalue weighted by Crippen LogP contribution is -2.33. The third-order valence-corrected chi connectivity index (χ3v) is 3.59. The summed E-state index contributed by atoms with van der Waals surface area (Å²) in [4.78, 5) is 0. The molecule has 2 aromatic rings. The molecular weight excluding hydrogens is 262 g/mol. The molecular formula is C17H21N3O. The first-order valence-corrected chi connectivity index (χ1v) is 7.34. The first-order valence-electron chi connectivity index (χ1n) is 7.34. The second-order valence-corrected chi connectivity index (χ2v) is 5.65. The molecule has 110 valence electrons. The number of hydrogen-bond acceptors (Lipinski definition) is 3. The van der Waals surface area contributed by atoms with E-state index in [-0.39, 0.29) is 0 Å². The summed E-state index contributed by atoms with van der Waals surface area (Å²) in [6.07, 6.45) is 6.18. The molecule has 0 radical (unpaired) electrons. The molecule has 0 aliphatic carbocycles. The van der Waals surface area contributed by atoms with Crippen LogP contribution in [-0.2, 0) is 6.54 Å². The Balaban J connectivity index is 1.55. The van der Waals surface area contributed by atoms with Gasteiger partial charge in [-0.3, -0.25) is 4.68 Å². The Kier molecular flexibility index (Phi) is 4.06. The molecule has 0 spiro atoms. The van der Waals surface area contributed by atoms with Crippen LogP contribution >= 0.6 is 0 Å². The zero-order chi connectivity index (χ0) is 14.7. The van der Waals surface area contributed by atoms with Gasteiger partial charge in [-0.1, -0.05) is 18.2 Å². The van der Waals surface area contributed by atoms with Crippen LogP contribution in [0, 0.1) is 6.92 Å². The number of para-hydroxylation sites is 1. The van der Waals surface area contributed by atoms with Crippen LogP contribution in [0.3, 0.4) is 0 Å². The molecule has 21 heavy (non-hydrogen) atoms. The largest absolute Gasteiger partial charge is 0.489 e. The topological polar surface area (TPSA) is 39.1 Å². The number of nitrogens with zero attached hydrogens (tertiary/aromatic N) is 2. The molecule has 1 aromatic carbocycles. The molecule has 3 rings (SSSR count). The molecule has 0 bridgehead atoms. The number of hydrogen-bond donors (Lipinski definition) is 1. The average Bonchev–Trinajstić information content (AvgIpc) is 2.90. The lowest BCUT2D eigenvalue weighted by Gasteiger charge is -2.20. The van der Waals surface area contributed by atoms with E-state index in [9.17, 15) is 0 Å². The van der Waals surface area contributed by atoms with Gasteiger partial charge in [0.1, 0.15) is 12.4 Å². The van der Waals surface area contributed by atoms with E-state index in [1.807, 2.05) is 29.1 Å². The van der Waals surface area contributed by atoms with Crippen LogP contribution in [0.5, 0.6) is 5.75 Å². The molecule has 1 atom stereocenters. The zero-order valence-corrected chi connectivity index (χ0v) is 12.5. The Hall–Kier alpha value is -2.07. The summed E-state index contributed by atoms with van der Waals surface area (Å²) in [7, 11) is 0. The van der Waals surface area contributed by atoms with Gasteiger partial charge >= 0.3 is 0 Å². The van der Waals surface area contributed by atoms with Crippen LogP contribution in [0.1, 0.15) is 18.1 Å². The standard InChI is InChI=1S/C17H21N3O/c1-13-8-19-20(10-13)11-14(2)18-9-15-7-16-5-3-4-6-17(16)21-12-15/h3-8,10,14,18H,9,11-12H2,1-2H3/t14-/m1/s1. The highest BCUT2D eigenvalue weighted by Crippen LogP contribution is 2.25. The first-order chi connectivity index (χ1) is 10.2.